The van der Waals surface area contributed by atoms with E-state index in [0.717, 1.165) is 25.7 Å². The topological polar surface area (TPSA) is 69.6 Å². The molecule has 2 N–H and O–H groups in total. The zero-order valence-electron chi connectivity index (χ0n) is 12.2. The van der Waals surface area contributed by atoms with Crippen molar-refractivity contribution in [2.45, 2.75) is 58.4 Å². The van der Waals surface area contributed by atoms with Crippen LogP contribution >= 0.6 is 0 Å². The van der Waals surface area contributed by atoms with Crippen LogP contribution in [0.2, 0.25) is 0 Å². The Bertz CT molecular complexity index is 323. The maximum absolute atomic E-state index is 11.9. The molecule has 0 radical (unpaired) electrons. The minimum absolute atomic E-state index is 0.120. The number of carboxylic acids is 1. The number of rotatable bonds is 5. The predicted molar refractivity (Wildman–Crippen MR) is 74.1 cm³/mol. The molecule has 0 aliphatic heterocycles. The third kappa shape index (κ3) is 4.73. The first kappa shape index (κ1) is 15.8. The van der Waals surface area contributed by atoms with Crippen molar-refractivity contribution in [1.29, 1.82) is 0 Å². The van der Waals surface area contributed by atoms with Gasteiger partial charge in [0, 0.05) is 19.6 Å². The van der Waals surface area contributed by atoms with Crippen LogP contribution in [0.5, 0.6) is 0 Å². The van der Waals surface area contributed by atoms with Crippen LogP contribution < -0.4 is 5.32 Å². The molecule has 110 valence electrons. The first-order valence-corrected chi connectivity index (χ1v) is 7.09. The highest BCUT2D eigenvalue weighted by atomic mass is 16.4. The Labute approximate surface area is 115 Å². The number of carbonyl (C=O) groups excluding carboxylic acids is 1. The van der Waals surface area contributed by atoms with Gasteiger partial charge in [0.05, 0.1) is 6.42 Å². The lowest BCUT2D eigenvalue weighted by atomic mass is 9.72. The fourth-order valence-electron chi connectivity index (χ4n) is 2.66. The van der Waals surface area contributed by atoms with Gasteiger partial charge < -0.3 is 15.3 Å². The molecule has 0 saturated heterocycles. The highest BCUT2D eigenvalue weighted by Crippen LogP contribution is 2.38. The van der Waals surface area contributed by atoms with Gasteiger partial charge >= 0.3 is 12.0 Å². The van der Waals surface area contributed by atoms with Crippen LogP contribution in [0, 0.1) is 5.41 Å². The maximum atomic E-state index is 11.9. The number of hydrogen-bond donors (Lipinski definition) is 2. The van der Waals surface area contributed by atoms with E-state index in [1.807, 2.05) is 13.8 Å². The molecule has 0 atom stereocenters. The maximum Gasteiger partial charge on any atom is 0.317 e. The van der Waals surface area contributed by atoms with Gasteiger partial charge in [-0.05, 0) is 32.1 Å². The van der Waals surface area contributed by atoms with Crippen molar-refractivity contribution in [2.24, 2.45) is 5.41 Å². The zero-order chi connectivity index (χ0) is 14.5. The minimum Gasteiger partial charge on any atom is -0.481 e. The number of carbonyl (C=O) groups is 2. The van der Waals surface area contributed by atoms with Crippen molar-refractivity contribution in [2.75, 3.05) is 13.6 Å². The Kier molecular flexibility index (Phi) is 5.63. The van der Waals surface area contributed by atoms with Crippen molar-refractivity contribution in [1.82, 2.24) is 10.2 Å². The first-order chi connectivity index (χ1) is 8.86. The van der Waals surface area contributed by atoms with Crippen LogP contribution in [0.1, 0.15) is 52.4 Å². The predicted octanol–water partition coefficient (Wildman–Crippen LogP) is 2.46. The molecule has 19 heavy (non-hydrogen) atoms. The summed E-state index contributed by atoms with van der Waals surface area (Å²) in [5.74, 6) is -0.770. The third-order valence-electron chi connectivity index (χ3n) is 4.15. The lowest BCUT2D eigenvalue weighted by molar-refractivity contribution is -0.140. The molecule has 0 spiro atoms. The molecule has 0 aromatic heterocycles. The lowest BCUT2D eigenvalue weighted by Crippen LogP contribution is -2.46. The van der Waals surface area contributed by atoms with Crippen molar-refractivity contribution < 1.29 is 14.7 Å². The Morgan fingerprint density at radius 1 is 1.26 bits per heavy atom. The number of urea groups is 1. The summed E-state index contributed by atoms with van der Waals surface area (Å²) in [6.45, 7) is 4.37. The lowest BCUT2D eigenvalue weighted by Gasteiger charge is -2.37. The summed E-state index contributed by atoms with van der Waals surface area (Å²) < 4.78 is 0. The highest BCUT2D eigenvalue weighted by molar-refractivity contribution is 5.74. The summed E-state index contributed by atoms with van der Waals surface area (Å²) in [6.07, 6.45) is 5.22. The van der Waals surface area contributed by atoms with E-state index in [1.165, 1.54) is 6.42 Å². The molecular weight excluding hydrogens is 244 g/mol. The number of carboxylic acid groups (broad SMARTS) is 1. The normalized spacial score (nSPS) is 18.1. The molecule has 5 heteroatoms. The van der Waals surface area contributed by atoms with Gasteiger partial charge in [0.25, 0.3) is 0 Å². The van der Waals surface area contributed by atoms with Crippen molar-refractivity contribution in [3.8, 4) is 0 Å². The number of nitrogens with one attached hydrogen (secondary N) is 1. The van der Waals surface area contributed by atoms with Crippen LogP contribution in [0.25, 0.3) is 0 Å². The van der Waals surface area contributed by atoms with Crippen LogP contribution in [-0.2, 0) is 4.79 Å². The molecule has 1 aliphatic carbocycles. The summed E-state index contributed by atoms with van der Waals surface area (Å²) in [4.78, 5) is 24.6. The molecule has 0 aromatic carbocycles. The molecule has 5 nitrogen and oxygen atoms in total. The number of nitrogens with zero attached hydrogens (tertiary/aromatic N) is 1. The second-order valence-corrected chi connectivity index (χ2v) is 5.99. The van der Waals surface area contributed by atoms with Gasteiger partial charge in [0.2, 0.25) is 0 Å². The van der Waals surface area contributed by atoms with Gasteiger partial charge in [-0.15, -0.1) is 0 Å². The molecule has 0 heterocycles. The molecular formula is C14H26N2O3. The number of amides is 2. The van der Waals surface area contributed by atoms with E-state index < -0.39 is 5.97 Å². The smallest absolute Gasteiger partial charge is 0.317 e. The van der Waals surface area contributed by atoms with Gasteiger partial charge in [-0.2, -0.15) is 0 Å². The van der Waals surface area contributed by atoms with Gasteiger partial charge in [-0.3, -0.25) is 4.79 Å². The minimum atomic E-state index is -0.770. The average Bonchev–Trinajstić information content (AvgIpc) is 2.35. The molecule has 1 fully saturated rings. The van der Waals surface area contributed by atoms with E-state index in [9.17, 15) is 9.59 Å². The second kappa shape index (κ2) is 6.78. The SMILES string of the molecule is CC(C)N(C)C(=O)NCC1(CC(=O)O)CCCCC1. The molecule has 2 amide bonds. The molecule has 0 aromatic rings. The molecule has 1 rings (SSSR count). The summed E-state index contributed by atoms with van der Waals surface area (Å²) in [7, 11) is 1.75. The van der Waals surface area contributed by atoms with E-state index in [1.54, 1.807) is 11.9 Å². The average molecular weight is 270 g/mol. The van der Waals surface area contributed by atoms with E-state index in [2.05, 4.69) is 5.32 Å². The largest absolute Gasteiger partial charge is 0.481 e. The summed E-state index contributed by atoms with van der Waals surface area (Å²) in [6, 6.07) is 0.0205. The van der Waals surface area contributed by atoms with Gasteiger partial charge in [-0.25, -0.2) is 4.79 Å². The van der Waals surface area contributed by atoms with Crippen LogP contribution in [-0.4, -0.2) is 41.6 Å². The zero-order valence-corrected chi connectivity index (χ0v) is 12.2. The van der Waals surface area contributed by atoms with Crippen LogP contribution in [0.15, 0.2) is 0 Å². The first-order valence-electron chi connectivity index (χ1n) is 7.09. The molecule has 1 aliphatic rings. The van der Waals surface area contributed by atoms with Crippen molar-refractivity contribution >= 4 is 12.0 Å². The van der Waals surface area contributed by atoms with E-state index in [-0.39, 0.29) is 23.9 Å². The Hall–Kier alpha value is -1.26. The van der Waals surface area contributed by atoms with Crippen molar-refractivity contribution in [3.63, 3.8) is 0 Å². The highest BCUT2D eigenvalue weighted by Gasteiger charge is 2.35. The van der Waals surface area contributed by atoms with Gasteiger partial charge in [0.1, 0.15) is 0 Å². The van der Waals surface area contributed by atoms with E-state index in [0.29, 0.717) is 6.54 Å². The third-order valence-corrected chi connectivity index (χ3v) is 4.15. The van der Waals surface area contributed by atoms with Gasteiger partial charge in [0.15, 0.2) is 0 Å². The summed E-state index contributed by atoms with van der Waals surface area (Å²) in [5.41, 5.74) is -0.252. The quantitative estimate of drug-likeness (QED) is 0.806. The molecule has 0 bridgehead atoms. The molecule has 0 unspecified atom stereocenters. The van der Waals surface area contributed by atoms with Crippen LogP contribution in [0.3, 0.4) is 0 Å². The van der Waals surface area contributed by atoms with Gasteiger partial charge in [-0.1, -0.05) is 19.3 Å². The Morgan fingerprint density at radius 3 is 2.32 bits per heavy atom. The summed E-state index contributed by atoms with van der Waals surface area (Å²) >= 11 is 0. The number of aliphatic carboxylic acids is 1. The Morgan fingerprint density at radius 2 is 1.84 bits per heavy atom. The van der Waals surface area contributed by atoms with E-state index >= 15 is 0 Å². The number of hydrogen-bond acceptors (Lipinski definition) is 2. The summed E-state index contributed by atoms with van der Waals surface area (Å²) in [5, 5.41) is 12.0. The Balaban J connectivity index is 2.58. The van der Waals surface area contributed by atoms with Crippen LogP contribution in [0.4, 0.5) is 4.79 Å². The standard InChI is InChI=1S/C14H26N2O3/c1-11(2)16(3)13(19)15-10-14(9-12(17)18)7-5-4-6-8-14/h11H,4-10H2,1-3H3,(H,15,19)(H,17,18). The fourth-order valence-corrected chi connectivity index (χ4v) is 2.66. The fraction of sp³-hybridized carbons (Fsp3) is 0.857. The second-order valence-electron chi connectivity index (χ2n) is 5.99. The van der Waals surface area contributed by atoms with Crippen molar-refractivity contribution in [3.05, 3.63) is 0 Å². The monoisotopic (exact) mass is 270 g/mol. The van der Waals surface area contributed by atoms with E-state index in [4.69, 9.17) is 5.11 Å². The molecule has 1 saturated carbocycles.